The van der Waals surface area contributed by atoms with E-state index in [0.717, 1.165) is 22.0 Å². The lowest BCUT2D eigenvalue weighted by molar-refractivity contribution is -0.137. The largest absolute Gasteiger partial charge is 0.416 e. The van der Waals surface area contributed by atoms with Gasteiger partial charge in [0.25, 0.3) is 10.0 Å². The Hall–Kier alpha value is -2.02. The first-order valence-electron chi connectivity index (χ1n) is 6.58. The molecule has 0 aromatic heterocycles. The van der Waals surface area contributed by atoms with Crippen LogP contribution in [0.3, 0.4) is 0 Å². The minimum absolute atomic E-state index is 0.234. The van der Waals surface area contributed by atoms with Gasteiger partial charge in [-0.2, -0.15) is 13.2 Å². The molecule has 116 valence electrons. The molecule has 0 saturated heterocycles. The van der Waals surface area contributed by atoms with E-state index in [1.165, 1.54) is 6.07 Å². The number of para-hydroxylation sites is 1. The Kier molecular flexibility index (Phi) is 3.40. The molecule has 0 spiro atoms. The average Bonchev–Trinajstić information content (AvgIpc) is 2.91. The minimum Gasteiger partial charge on any atom is -0.266 e. The predicted octanol–water partition coefficient (Wildman–Crippen LogP) is 3.46. The minimum atomic E-state index is -4.57. The quantitative estimate of drug-likeness (QED) is 0.847. The van der Waals surface area contributed by atoms with Crippen LogP contribution in [0.4, 0.5) is 18.9 Å². The summed E-state index contributed by atoms with van der Waals surface area (Å²) in [6, 6.07) is 10.8. The van der Waals surface area contributed by atoms with E-state index < -0.39 is 21.8 Å². The van der Waals surface area contributed by atoms with Crippen LogP contribution in [-0.4, -0.2) is 15.0 Å². The summed E-state index contributed by atoms with van der Waals surface area (Å²) in [6.07, 6.45) is -4.02. The fourth-order valence-corrected chi connectivity index (χ4v) is 4.07. The van der Waals surface area contributed by atoms with Gasteiger partial charge >= 0.3 is 6.18 Å². The Bertz CT molecular complexity index is 816. The highest BCUT2D eigenvalue weighted by molar-refractivity contribution is 7.92. The summed E-state index contributed by atoms with van der Waals surface area (Å²) in [5.41, 5.74) is 0.430. The van der Waals surface area contributed by atoms with Crippen LogP contribution in [0.25, 0.3) is 0 Å². The Morgan fingerprint density at radius 1 is 1.00 bits per heavy atom. The van der Waals surface area contributed by atoms with Gasteiger partial charge < -0.3 is 0 Å². The summed E-state index contributed by atoms with van der Waals surface area (Å²) in [7, 11) is -4.00. The van der Waals surface area contributed by atoms with E-state index in [0.29, 0.717) is 18.2 Å². The summed E-state index contributed by atoms with van der Waals surface area (Å²) in [5.74, 6) is 0. The van der Waals surface area contributed by atoms with Crippen LogP contribution in [0.15, 0.2) is 53.4 Å². The molecule has 0 atom stereocenters. The number of hydrogen-bond acceptors (Lipinski definition) is 2. The van der Waals surface area contributed by atoms with Gasteiger partial charge in [-0.05, 0) is 36.2 Å². The van der Waals surface area contributed by atoms with Crippen LogP contribution < -0.4 is 4.31 Å². The number of fused-ring (bicyclic) bond motifs is 1. The molecule has 0 fully saturated rings. The first-order valence-corrected chi connectivity index (χ1v) is 8.02. The second kappa shape index (κ2) is 5.01. The zero-order valence-corrected chi connectivity index (χ0v) is 12.2. The molecule has 3 nitrogen and oxygen atoms in total. The van der Waals surface area contributed by atoms with Gasteiger partial charge in [0.05, 0.1) is 16.1 Å². The van der Waals surface area contributed by atoms with Gasteiger partial charge in [-0.1, -0.05) is 24.3 Å². The van der Waals surface area contributed by atoms with Crippen LogP contribution >= 0.6 is 0 Å². The van der Waals surface area contributed by atoms with Crippen molar-refractivity contribution in [3.05, 3.63) is 59.7 Å². The topological polar surface area (TPSA) is 37.4 Å². The number of hydrogen-bond donors (Lipinski definition) is 0. The highest BCUT2D eigenvalue weighted by Crippen LogP contribution is 2.35. The van der Waals surface area contributed by atoms with Crippen LogP contribution in [0.1, 0.15) is 11.1 Å². The van der Waals surface area contributed by atoms with Crippen molar-refractivity contribution in [1.82, 2.24) is 0 Å². The molecule has 0 saturated carbocycles. The molecule has 0 aliphatic carbocycles. The van der Waals surface area contributed by atoms with E-state index in [1.54, 1.807) is 18.2 Å². The fourth-order valence-electron chi connectivity index (χ4n) is 2.52. The molecule has 0 amide bonds. The fraction of sp³-hybridized carbons (Fsp3) is 0.200. The van der Waals surface area contributed by atoms with Crippen molar-refractivity contribution in [1.29, 1.82) is 0 Å². The zero-order chi connectivity index (χ0) is 16.0. The van der Waals surface area contributed by atoms with Gasteiger partial charge in [-0.25, -0.2) is 8.42 Å². The number of alkyl halides is 3. The Balaban J connectivity index is 2.05. The molecule has 0 bridgehead atoms. The van der Waals surface area contributed by atoms with Crippen molar-refractivity contribution in [2.45, 2.75) is 17.5 Å². The van der Waals surface area contributed by atoms with E-state index in [4.69, 9.17) is 0 Å². The molecule has 2 aromatic rings. The van der Waals surface area contributed by atoms with Crippen molar-refractivity contribution in [3.8, 4) is 0 Å². The van der Waals surface area contributed by atoms with Crippen LogP contribution in [-0.2, 0) is 22.6 Å². The normalized spacial score (nSPS) is 15.0. The highest BCUT2D eigenvalue weighted by atomic mass is 32.2. The number of benzene rings is 2. The SMILES string of the molecule is O=S(=O)(c1cccc(C(F)(F)F)c1)N1CCc2ccccc21. The van der Waals surface area contributed by atoms with E-state index in [2.05, 4.69) is 0 Å². The third-order valence-corrected chi connectivity index (χ3v) is 5.40. The summed E-state index contributed by atoms with van der Waals surface area (Å²) in [5, 5.41) is 0. The number of nitrogens with zero attached hydrogens (tertiary/aromatic N) is 1. The molecule has 1 aliphatic rings. The average molecular weight is 327 g/mol. The molecular weight excluding hydrogens is 315 g/mol. The third-order valence-electron chi connectivity index (χ3n) is 3.59. The number of rotatable bonds is 2. The third kappa shape index (κ3) is 2.45. The van der Waals surface area contributed by atoms with Gasteiger partial charge in [0, 0.05) is 6.54 Å². The molecule has 22 heavy (non-hydrogen) atoms. The molecule has 0 unspecified atom stereocenters. The maximum Gasteiger partial charge on any atom is 0.416 e. The molecule has 2 aromatic carbocycles. The van der Waals surface area contributed by atoms with Crippen molar-refractivity contribution in [2.24, 2.45) is 0 Å². The van der Waals surface area contributed by atoms with E-state index in [1.807, 2.05) is 6.07 Å². The number of sulfonamides is 1. The first-order chi connectivity index (χ1) is 10.3. The molecule has 3 rings (SSSR count). The van der Waals surface area contributed by atoms with Gasteiger partial charge in [0.15, 0.2) is 0 Å². The first kappa shape index (κ1) is 14.9. The van der Waals surface area contributed by atoms with E-state index >= 15 is 0 Å². The lowest BCUT2D eigenvalue weighted by Crippen LogP contribution is -2.29. The maximum atomic E-state index is 12.8. The molecule has 0 N–H and O–H groups in total. The summed E-state index contributed by atoms with van der Waals surface area (Å²) < 4.78 is 64.7. The van der Waals surface area contributed by atoms with Crippen LogP contribution in [0.5, 0.6) is 0 Å². The van der Waals surface area contributed by atoms with E-state index in [9.17, 15) is 21.6 Å². The van der Waals surface area contributed by atoms with Gasteiger partial charge in [-0.15, -0.1) is 0 Å². The van der Waals surface area contributed by atoms with Gasteiger partial charge in [0.1, 0.15) is 0 Å². The maximum absolute atomic E-state index is 12.8. The van der Waals surface area contributed by atoms with Crippen molar-refractivity contribution in [3.63, 3.8) is 0 Å². The molecular formula is C15H12F3NO2S. The predicted molar refractivity (Wildman–Crippen MR) is 76.1 cm³/mol. The second-order valence-corrected chi connectivity index (χ2v) is 6.84. The number of halogens is 3. The van der Waals surface area contributed by atoms with Crippen LogP contribution in [0.2, 0.25) is 0 Å². The summed E-state index contributed by atoms with van der Waals surface area (Å²) in [4.78, 5) is -0.348. The monoisotopic (exact) mass is 327 g/mol. The number of anilines is 1. The van der Waals surface area contributed by atoms with Crippen LogP contribution in [0, 0.1) is 0 Å². The lowest BCUT2D eigenvalue weighted by atomic mass is 10.2. The molecule has 1 aliphatic heterocycles. The smallest absolute Gasteiger partial charge is 0.266 e. The van der Waals surface area contributed by atoms with Gasteiger partial charge in [0.2, 0.25) is 0 Å². The second-order valence-electron chi connectivity index (χ2n) is 4.98. The Morgan fingerprint density at radius 3 is 2.45 bits per heavy atom. The van der Waals surface area contributed by atoms with Crippen molar-refractivity contribution < 1.29 is 21.6 Å². The molecule has 7 heteroatoms. The zero-order valence-electron chi connectivity index (χ0n) is 11.3. The molecule has 1 heterocycles. The highest BCUT2D eigenvalue weighted by Gasteiger charge is 2.34. The summed E-state index contributed by atoms with van der Waals surface area (Å²) >= 11 is 0. The molecule has 0 radical (unpaired) electrons. The van der Waals surface area contributed by atoms with Crippen molar-refractivity contribution >= 4 is 15.7 Å². The Labute approximate surface area is 126 Å². The Morgan fingerprint density at radius 2 is 1.73 bits per heavy atom. The standard InChI is InChI=1S/C15H12F3NO2S/c16-15(17,18)12-5-3-6-13(10-12)22(20,21)19-9-8-11-4-1-2-7-14(11)19/h1-7,10H,8-9H2. The van der Waals surface area contributed by atoms with E-state index in [-0.39, 0.29) is 11.4 Å². The summed E-state index contributed by atoms with van der Waals surface area (Å²) in [6.45, 7) is 0.234. The lowest BCUT2D eigenvalue weighted by Gasteiger charge is -2.20. The van der Waals surface area contributed by atoms with Gasteiger partial charge in [-0.3, -0.25) is 4.31 Å². The van der Waals surface area contributed by atoms with Crippen molar-refractivity contribution in [2.75, 3.05) is 10.8 Å².